The van der Waals surface area contributed by atoms with Crippen LogP contribution in [0.1, 0.15) is 19.8 Å². The van der Waals surface area contributed by atoms with E-state index in [1.165, 1.54) is 19.4 Å². The van der Waals surface area contributed by atoms with Crippen molar-refractivity contribution in [1.82, 2.24) is 14.9 Å². The van der Waals surface area contributed by atoms with Gasteiger partial charge < -0.3 is 10.3 Å². The molecule has 0 bridgehead atoms. The maximum absolute atomic E-state index is 5.39. The van der Waals surface area contributed by atoms with Gasteiger partial charge >= 0.3 is 0 Å². The molecule has 0 radical (unpaired) electrons. The van der Waals surface area contributed by atoms with Crippen LogP contribution in [0, 0.1) is 0 Å². The van der Waals surface area contributed by atoms with Gasteiger partial charge in [0.15, 0.2) is 5.82 Å². The lowest BCUT2D eigenvalue weighted by Gasteiger charge is -2.42. The molecule has 2 saturated heterocycles. The van der Waals surface area contributed by atoms with Crippen molar-refractivity contribution < 1.29 is 0 Å². The second kappa shape index (κ2) is 4.70. The van der Waals surface area contributed by atoms with Crippen molar-refractivity contribution in [2.75, 3.05) is 30.0 Å². The lowest BCUT2D eigenvalue weighted by atomic mass is 10.1. The molecule has 6 nitrogen and oxygen atoms in total. The van der Waals surface area contributed by atoms with Crippen LogP contribution in [0.2, 0.25) is 0 Å². The Kier molecular flexibility index (Phi) is 3.05. The molecular formula is C12H20N6. The van der Waals surface area contributed by atoms with Crippen molar-refractivity contribution in [1.29, 1.82) is 0 Å². The lowest BCUT2D eigenvalue weighted by Crippen LogP contribution is -2.55. The van der Waals surface area contributed by atoms with Gasteiger partial charge in [-0.25, -0.2) is 10.8 Å². The van der Waals surface area contributed by atoms with Gasteiger partial charge in [-0.05, 0) is 26.3 Å². The molecule has 0 amide bonds. The molecule has 2 aliphatic rings. The summed E-state index contributed by atoms with van der Waals surface area (Å²) in [5.74, 6) is 6.93. The number of fused-ring (bicyclic) bond motifs is 1. The Balaban J connectivity index is 1.81. The molecule has 3 N–H and O–H groups in total. The molecule has 18 heavy (non-hydrogen) atoms. The zero-order valence-electron chi connectivity index (χ0n) is 10.7. The topological polar surface area (TPSA) is 70.3 Å². The number of nitrogens with zero attached hydrogens (tertiary/aromatic N) is 4. The molecular weight excluding hydrogens is 228 g/mol. The molecule has 3 rings (SSSR count). The molecule has 3 heterocycles. The molecule has 1 aromatic rings. The number of rotatable bonds is 2. The number of nitrogen functional groups attached to an aromatic ring is 1. The van der Waals surface area contributed by atoms with Crippen molar-refractivity contribution >= 4 is 11.6 Å². The van der Waals surface area contributed by atoms with Crippen molar-refractivity contribution in [2.24, 2.45) is 5.84 Å². The molecule has 0 aromatic carbocycles. The van der Waals surface area contributed by atoms with Gasteiger partial charge in [-0.3, -0.25) is 9.88 Å². The summed E-state index contributed by atoms with van der Waals surface area (Å²) in [7, 11) is 0. The average Bonchev–Trinajstić information content (AvgIpc) is 2.85. The first-order valence-corrected chi connectivity index (χ1v) is 6.57. The van der Waals surface area contributed by atoms with Crippen LogP contribution >= 0.6 is 0 Å². The second-order valence-corrected chi connectivity index (χ2v) is 5.20. The van der Waals surface area contributed by atoms with E-state index in [9.17, 15) is 0 Å². The van der Waals surface area contributed by atoms with E-state index in [1.807, 2.05) is 6.20 Å². The van der Waals surface area contributed by atoms with Crippen molar-refractivity contribution in [2.45, 2.75) is 31.8 Å². The summed E-state index contributed by atoms with van der Waals surface area (Å²) >= 11 is 0. The quantitative estimate of drug-likeness (QED) is 0.584. The summed E-state index contributed by atoms with van der Waals surface area (Å²) in [5.41, 5.74) is 2.56. The van der Waals surface area contributed by atoms with Crippen LogP contribution in [0.15, 0.2) is 12.4 Å². The second-order valence-electron chi connectivity index (χ2n) is 5.20. The van der Waals surface area contributed by atoms with Gasteiger partial charge in [0.1, 0.15) is 5.82 Å². The molecule has 2 unspecified atom stereocenters. The van der Waals surface area contributed by atoms with Gasteiger partial charge in [0.2, 0.25) is 0 Å². The summed E-state index contributed by atoms with van der Waals surface area (Å²) in [4.78, 5) is 13.6. The van der Waals surface area contributed by atoms with Gasteiger partial charge in [0.25, 0.3) is 0 Å². The predicted octanol–water partition coefficient (Wildman–Crippen LogP) is 0.435. The summed E-state index contributed by atoms with van der Waals surface area (Å²) in [6.07, 6.45) is 6.08. The average molecular weight is 248 g/mol. The van der Waals surface area contributed by atoms with Crippen LogP contribution in [-0.4, -0.2) is 46.6 Å². The van der Waals surface area contributed by atoms with Crippen molar-refractivity contribution in [3.63, 3.8) is 0 Å². The summed E-state index contributed by atoms with van der Waals surface area (Å²) < 4.78 is 0. The van der Waals surface area contributed by atoms with E-state index < -0.39 is 0 Å². The first-order valence-electron chi connectivity index (χ1n) is 6.57. The molecule has 0 aliphatic carbocycles. The van der Waals surface area contributed by atoms with Crippen LogP contribution in [0.25, 0.3) is 0 Å². The maximum atomic E-state index is 5.39. The van der Waals surface area contributed by atoms with E-state index in [4.69, 9.17) is 5.84 Å². The van der Waals surface area contributed by atoms with Crippen molar-refractivity contribution in [3.8, 4) is 0 Å². The van der Waals surface area contributed by atoms with Crippen LogP contribution in [0.4, 0.5) is 11.6 Å². The number of hydrogen-bond acceptors (Lipinski definition) is 6. The van der Waals surface area contributed by atoms with Crippen LogP contribution in [-0.2, 0) is 0 Å². The fourth-order valence-corrected chi connectivity index (χ4v) is 3.07. The fraction of sp³-hybridized carbons (Fsp3) is 0.667. The number of nitrogens with one attached hydrogen (secondary N) is 1. The Hall–Kier alpha value is -1.40. The van der Waals surface area contributed by atoms with Gasteiger partial charge in [-0.1, -0.05) is 0 Å². The third kappa shape index (κ3) is 2.02. The summed E-state index contributed by atoms with van der Waals surface area (Å²) in [6.45, 7) is 5.66. The van der Waals surface area contributed by atoms with E-state index in [-0.39, 0.29) is 0 Å². The number of piperazine rings is 1. The number of hydrazine groups is 1. The van der Waals surface area contributed by atoms with Crippen molar-refractivity contribution in [3.05, 3.63) is 12.4 Å². The predicted molar refractivity (Wildman–Crippen MR) is 71.2 cm³/mol. The molecule has 0 saturated carbocycles. The monoisotopic (exact) mass is 248 g/mol. The Morgan fingerprint density at radius 3 is 3.11 bits per heavy atom. The zero-order chi connectivity index (χ0) is 12.5. The third-order valence-electron chi connectivity index (χ3n) is 4.00. The molecule has 0 spiro atoms. The number of hydrogen-bond donors (Lipinski definition) is 2. The minimum Gasteiger partial charge on any atom is -0.350 e. The minimum absolute atomic E-state index is 0.474. The largest absolute Gasteiger partial charge is 0.350 e. The highest BCUT2D eigenvalue weighted by Gasteiger charge is 2.34. The van der Waals surface area contributed by atoms with E-state index >= 15 is 0 Å². The fourth-order valence-electron chi connectivity index (χ4n) is 3.07. The Bertz CT molecular complexity index is 423. The van der Waals surface area contributed by atoms with Crippen LogP contribution in [0.5, 0.6) is 0 Å². The van der Waals surface area contributed by atoms with E-state index in [0.29, 0.717) is 17.9 Å². The Morgan fingerprint density at radius 1 is 1.39 bits per heavy atom. The highest BCUT2D eigenvalue weighted by Crippen LogP contribution is 2.27. The van der Waals surface area contributed by atoms with Crippen LogP contribution in [0.3, 0.4) is 0 Å². The van der Waals surface area contributed by atoms with Gasteiger partial charge in [0.05, 0.1) is 12.4 Å². The van der Waals surface area contributed by atoms with Crippen LogP contribution < -0.4 is 16.2 Å². The molecule has 1 aromatic heterocycles. The minimum atomic E-state index is 0.474. The Morgan fingerprint density at radius 2 is 2.28 bits per heavy atom. The van der Waals surface area contributed by atoms with Gasteiger partial charge in [-0.15, -0.1) is 0 Å². The lowest BCUT2D eigenvalue weighted by molar-refractivity contribution is 0.202. The first kappa shape index (κ1) is 11.7. The summed E-state index contributed by atoms with van der Waals surface area (Å²) in [6, 6.07) is 1.15. The number of aromatic nitrogens is 2. The summed E-state index contributed by atoms with van der Waals surface area (Å²) in [5, 5.41) is 0. The van der Waals surface area contributed by atoms with Gasteiger partial charge in [-0.2, -0.15) is 0 Å². The number of nitrogens with two attached hydrogens (primary N) is 1. The van der Waals surface area contributed by atoms with E-state index in [2.05, 4.69) is 32.1 Å². The maximum Gasteiger partial charge on any atom is 0.160 e. The molecule has 2 fully saturated rings. The normalized spacial score (nSPS) is 28.2. The smallest absolute Gasteiger partial charge is 0.160 e. The molecule has 2 atom stereocenters. The standard InChI is InChI=1S/C12H20N6/c1-9-7-17-4-2-3-10(17)8-18(9)12-6-14-5-11(15-12)16-13/h5-6,9-10H,2-4,7-8,13H2,1H3,(H,15,16). The SMILES string of the molecule is CC1CN2CCCC2CN1c1cncc(NN)n1. The molecule has 98 valence electrons. The van der Waals surface area contributed by atoms with E-state index in [0.717, 1.165) is 18.9 Å². The zero-order valence-corrected chi connectivity index (χ0v) is 10.7. The van der Waals surface area contributed by atoms with E-state index in [1.54, 1.807) is 6.20 Å². The highest BCUT2D eigenvalue weighted by molar-refractivity contribution is 5.44. The highest BCUT2D eigenvalue weighted by atomic mass is 15.4. The number of anilines is 2. The molecule has 2 aliphatic heterocycles. The van der Waals surface area contributed by atoms with Gasteiger partial charge in [0, 0.05) is 25.2 Å². The molecule has 6 heteroatoms. The third-order valence-corrected chi connectivity index (χ3v) is 4.00. The Labute approximate surface area is 107 Å². The first-order chi connectivity index (χ1) is 8.78.